The maximum absolute atomic E-state index is 4.73. The Bertz CT molecular complexity index is 596. The van der Waals surface area contributed by atoms with E-state index < -0.39 is 0 Å². The maximum atomic E-state index is 4.73. The molecule has 0 amide bonds. The van der Waals surface area contributed by atoms with E-state index in [1.165, 1.54) is 0 Å². The molecule has 0 fully saturated rings. The molecule has 39 heavy (non-hydrogen) atoms. The number of nitrogens with zero attached hydrogens (tertiary/aromatic N) is 6. The first-order chi connectivity index (χ1) is 17.3. The zero-order chi connectivity index (χ0) is 27.1. The van der Waals surface area contributed by atoms with E-state index in [4.69, 9.17) is 15.0 Å². The summed E-state index contributed by atoms with van der Waals surface area (Å²) in [6.07, 6.45) is 0. The van der Waals surface area contributed by atoms with Crippen LogP contribution in [0.3, 0.4) is 0 Å². The van der Waals surface area contributed by atoms with Crippen LogP contribution in [-0.4, -0.2) is 127 Å². The number of nitrogens with one attached hydrogen (secondary N) is 3. The van der Waals surface area contributed by atoms with Gasteiger partial charge in [0.15, 0.2) is 0 Å². The Hall–Kier alpha value is 0.480. The van der Waals surface area contributed by atoms with Crippen molar-refractivity contribution in [2.24, 2.45) is 0 Å². The molecule has 0 saturated carbocycles. The third-order valence-corrected chi connectivity index (χ3v) is 9.28. The molecule has 0 aliphatic rings. The molecule has 0 aromatic carbocycles. The quantitative estimate of drug-likeness (QED) is 0.0849. The molecule has 0 aliphatic heterocycles. The highest BCUT2D eigenvalue weighted by Crippen LogP contribution is 2.13. The smallest absolute Gasteiger partial charge is 0.229 e. The second-order valence-corrected chi connectivity index (χ2v) is 10.1. The highest BCUT2D eigenvalue weighted by atomic mass is 127. The van der Waals surface area contributed by atoms with Crippen LogP contribution < -0.4 is 87.9 Å². The molecule has 0 saturated heterocycles. The average Bonchev–Trinajstić information content (AvgIpc) is 2.92. The monoisotopic (exact) mass is 891 g/mol. The van der Waals surface area contributed by atoms with Crippen molar-refractivity contribution >= 4 is 17.8 Å². The number of hydrogen-bond acceptors (Lipinski definition) is 6. The molecule has 0 aliphatic carbocycles. The fourth-order valence-corrected chi connectivity index (χ4v) is 5.26. The number of anilines is 3. The molecule has 1 aromatic rings. The highest BCUT2D eigenvalue weighted by molar-refractivity contribution is 5.42. The summed E-state index contributed by atoms with van der Waals surface area (Å²) in [6.45, 7) is 36.5. The first-order valence-corrected chi connectivity index (χ1v) is 14.8. The molecule has 3 N–H and O–H groups in total. The molecule has 234 valence electrons. The summed E-state index contributed by atoms with van der Waals surface area (Å²) in [5.74, 6) is 1.96. The van der Waals surface area contributed by atoms with E-state index in [9.17, 15) is 0 Å². The zero-order valence-electron chi connectivity index (χ0n) is 26.4. The lowest BCUT2D eigenvalue weighted by atomic mass is 10.3. The van der Waals surface area contributed by atoms with Crippen molar-refractivity contribution in [3.05, 3.63) is 0 Å². The first-order valence-electron chi connectivity index (χ1n) is 14.8. The zero-order valence-corrected chi connectivity index (χ0v) is 32.9. The van der Waals surface area contributed by atoms with Crippen molar-refractivity contribution in [2.45, 2.75) is 62.3 Å². The molecule has 0 radical (unpaired) electrons. The van der Waals surface area contributed by atoms with Gasteiger partial charge in [0, 0.05) is 0 Å². The fraction of sp³-hybridized carbons (Fsp3) is 0.889. The van der Waals surface area contributed by atoms with Crippen molar-refractivity contribution in [3.8, 4) is 0 Å². The van der Waals surface area contributed by atoms with Gasteiger partial charge in [-0.15, -0.1) is 0 Å². The number of hydrogen-bond donors (Lipinski definition) is 3. The summed E-state index contributed by atoms with van der Waals surface area (Å²) in [7, 11) is 0. The summed E-state index contributed by atoms with van der Waals surface area (Å²) in [5, 5.41) is 10.5. The molecule has 12 heteroatoms. The van der Waals surface area contributed by atoms with Crippen molar-refractivity contribution < 1.29 is 85.4 Å². The van der Waals surface area contributed by atoms with Gasteiger partial charge < -0.3 is 101 Å². The molecule has 1 aromatic heterocycles. The van der Waals surface area contributed by atoms with Gasteiger partial charge in [-0.05, 0) is 62.3 Å². The van der Waals surface area contributed by atoms with Crippen LogP contribution >= 0.6 is 0 Å². The topological polar surface area (TPSA) is 74.8 Å². The Morgan fingerprint density at radius 1 is 0.385 bits per heavy atom. The van der Waals surface area contributed by atoms with Gasteiger partial charge >= 0.3 is 0 Å². The van der Waals surface area contributed by atoms with E-state index in [-0.39, 0.29) is 71.9 Å². The van der Waals surface area contributed by atoms with Gasteiger partial charge in [0.2, 0.25) is 17.8 Å². The minimum atomic E-state index is 0. The molecule has 0 spiro atoms. The molecular weight excluding hydrogens is 831 g/mol. The summed E-state index contributed by atoms with van der Waals surface area (Å²) in [5.41, 5.74) is 0. The lowest BCUT2D eigenvalue weighted by Crippen LogP contribution is -3.00. The fourth-order valence-electron chi connectivity index (χ4n) is 5.26. The van der Waals surface area contributed by atoms with Crippen LogP contribution in [0.5, 0.6) is 0 Å². The second-order valence-electron chi connectivity index (χ2n) is 10.1. The molecule has 9 nitrogen and oxygen atoms in total. The van der Waals surface area contributed by atoms with Crippen LogP contribution in [0.2, 0.25) is 0 Å². The van der Waals surface area contributed by atoms with Crippen molar-refractivity contribution in [1.29, 1.82) is 0 Å². The van der Waals surface area contributed by atoms with Gasteiger partial charge in [-0.3, -0.25) is 0 Å². The highest BCUT2D eigenvalue weighted by Gasteiger charge is 2.22. The maximum Gasteiger partial charge on any atom is 0.229 e. The Labute approximate surface area is 292 Å². The Morgan fingerprint density at radius 3 is 0.718 bits per heavy atom. The van der Waals surface area contributed by atoms with Crippen LogP contribution in [0.25, 0.3) is 0 Å². The van der Waals surface area contributed by atoms with Crippen LogP contribution in [0.15, 0.2) is 0 Å². The number of rotatable bonds is 21. The minimum Gasteiger partial charge on any atom is -1.00 e. The SMILES string of the molecule is CC[N+](CC)(CC)CCNc1nc(NCC[N+](CC)(CC)CC)nc(NCC[N+](CC)(CC)CC)n1.[I-].[I-].[I-]. The third-order valence-electron chi connectivity index (χ3n) is 9.28. The number of halogens is 3. The van der Waals surface area contributed by atoms with Gasteiger partial charge in [0.1, 0.15) is 0 Å². The predicted octanol–water partition coefficient (Wildman–Crippen LogP) is -5.25. The van der Waals surface area contributed by atoms with E-state index >= 15 is 0 Å². The van der Waals surface area contributed by atoms with E-state index in [0.717, 1.165) is 112 Å². The molecular formula is C27H60I3N9. The Balaban J connectivity index is -0.00000432. The number of quaternary nitrogens is 3. The van der Waals surface area contributed by atoms with Gasteiger partial charge in [0.25, 0.3) is 0 Å². The van der Waals surface area contributed by atoms with Crippen LogP contribution in [0, 0.1) is 0 Å². The largest absolute Gasteiger partial charge is 1.00 e. The molecule has 0 atom stereocenters. The lowest BCUT2D eigenvalue weighted by molar-refractivity contribution is -0.921. The Morgan fingerprint density at radius 2 is 0.564 bits per heavy atom. The second kappa shape index (κ2) is 23.0. The van der Waals surface area contributed by atoms with Gasteiger partial charge in [-0.25, -0.2) is 0 Å². The average molecular weight is 892 g/mol. The molecule has 0 bridgehead atoms. The minimum absolute atomic E-state index is 0. The van der Waals surface area contributed by atoms with Gasteiger partial charge in [0.05, 0.1) is 98.2 Å². The van der Waals surface area contributed by atoms with Crippen molar-refractivity contribution in [1.82, 2.24) is 15.0 Å². The van der Waals surface area contributed by atoms with Gasteiger partial charge in [-0.2, -0.15) is 15.0 Å². The summed E-state index contributed by atoms with van der Waals surface area (Å²) in [4.78, 5) is 14.2. The van der Waals surface area contributed by atoms with E-state index in [2.05, 4.69) is 78.3 Å². The summed E-state index contributed by atoms with van der Waals surface area (Å²) in [6, 6.07) is 0. The normalized spacial score (nSPS) is 11.6. The van der Waals surface area contributed by atoms with E-state index in [0.29, 0.717) is 17.8 Å². The standard InChI is InChI=1S/C27H60N9.3HI/c1-10-34(11-2,12-3)22-19-28-25-31-26(29-20-23-35(13-4,14-5)15-6)33-27(32-25)30-21-24-36(16-7,17-8)18-9;;;/h10-24H2,1-9H3,(H3,28,29,30,31,32,33);3*1H/q+3;;;/p-3. The molecule has 1 rings (SSSR count). The first kappa shape index (κ1) is 43.9. The molecule has 1 heterocycles. The van der Waals surface area contributed by atoms with E-state index in [1.807, 2.05) is 0 Å². The number of likely N-dealkylation sites (N-methyl/N-ethyl adjacent to an activating group) is 3. The van der Waals surface area contributed by atoms with E-state index in [1.54, 1.807) is 0 Å². The van der Waals surface area contributed by atoms with Gasteiger partial charge in [-0.1, -0.05) is 0 Å². The predicted molar refractivity (Wildman–Crippen MR) is 156 cm³/mol. The molecule has 0 unspecified atom stereocenters. The lowest BCUT2D eigenvalue weighted by Gasteiger charge is -2.36. The summed E-state index contributed by atoms with van der Waals surface area (Å²) >= 11 is 0. The number of aromatic nitrogens is 3. The third kappa shape index (κ3) is 14.0. The Kier molecular flexibility index (Phi) is 25.9. The van der Waals surface area contributed by atoms with Crippen LogP contribution in [0.4, 0.5) is 17.8 Å². The van der Waals surface area contributed by atoms with Crippen LogP contribution in [-0.2, 0) is 0 Å². The van der Waals surface area contributed by atoms with Crippen molar-refractivity contribution in [2.75, 3.05) is 114 Å². The van der Waals surface area contributed by atoms with Crippen LogP contribution in [0.1, 0.15) is 62.3 Å². The summed E-state index contributed by atoms with van der Waals surface area (Å²) < 4.78 is 3.30. The van der Waals surface area contributed by atoms with Crippen molar-refractivity contribution in [3.63, 3.8) is 0 Å².